The maximum absolute atomic E-state index is 11.6. The van der Waals surface area contributed by atoms with Crippen molar-refractivity contribution >= 4 is 5.91 Å². The highest BCUT2D eigenvalue weighted by Gasteiger charge is 2.15. The molecule has 4 nitrogen and oxygen atoms in total. The van der Waals surface area contributed by atoms with Crippen LogP contribution in [0, 0.1) is 11.3 Å². The van der Waals surface area contributed by atoms with Crippen LogP contribution in [0.3, 0.4) is 0 Å². The van der Waals surface area contributed by atoms with Crippen molar-refractivity contribution in [1.82, 2.24) is 10.2 Å². The molecular weight excluding hydrogens is 202 g/mol. The van der Waals surface area contributed by atoms with Gasteiger partial charge >= 0.3 is 0 Å². The van der Waals surface area contributed by atoms with Gasteiger partial charge in [0, 0.05) is 6.04 Å². The van der Waals surface area contributed by atoms with Gasteiger partial charge in [-0.1, -0.05) is 25.7 Å². The van der Waals surface area contributed by atoms with Crippen molar-refractivity contribution in [3.05, 3.63) is 0 Å². The molecule has 0 aliphatic heterocycles. The molecule has 0 saturated heterocycles. The van der Waals surface area contributed by atoms with E-state index < -0.39 is 0 Å². The Morgan fingerprint density at radius 3 is 2.56 bits per heavy atom. The van der Waals surface area contributed by atoms with Crippen LogP contribution in [0.5, 0.6) is 0 Å². The highest BCUT2D eigenvalue weighted by molar-refractivity contribution is 5.78. The Kier molecular flexibility index (Phi) is 5.87. The van der Waals surface area contributed by atoms with Gasteiger partial charge in [0.25, 0.3) is 0 Å². The summed E-state index contributed by atoms with van der Waals surface area (Å²) < 4.78 is 0. The second-order valence-corrected chi connectivity index (χ2v) is 4.59. The number of nitriles is 1. The van der Waals surface area contributed by atoms with E-state index in [1.807, 2.05) is 6.07 Å². The van der Waals surface area contributed by atoms with Gasteiger partial charge in [-0.05, 0) is 19.9 Å². The largest absolute Gasteiger partial charge is 0.352 e. The van der Waals surface area contributed by atoms with Crippen molar-refractivity contribution in [3.8, 4) is 6.07 Å². The van der Waals surface area contributed by atoms with Gasteiger partial charge in [0.1, 0.15) is 0 Å². The van der Waals surface area contributed by atoms with Crippen LogP contribution >= 0.6 is 0 Å². The van der Waals surface area contributed by atoms with Crippen LogP contribution in [0.4, 0.5) is 0 Å². The number of nitrogens with zero attached hydrogens (tertiary/aromatic N) is 2. The van der Waals surface area contributed by atoms with Crippen LogP contribution in [-0.4, -0.2) is 37.0 Å². The van der Waals surface area contributed by atoms with Crippen molar-refractivity contribution in [1.29, 1.82) is 5.26 Å². The highest BCUT2D eigenvalue weighted by atomic mass is 16.2. The third-order valence-electron chi connectivity index (χ3n) is 2.97. The Bertz CT molecular complexity index is 251. The van der Waals surface area contributed by atoms with E-state index in [1.54, 1.807) is 11.9 Å². The SMILES string of the molecule is CN(CC#N)CC(=O)NC1CCCCCC1. The molecule has 0 aromatic carbocycles. The molecule has 1 amide bonds. The minimum absolute atomic E-state index is 0.0460. The molecule has 1 aliphatic carbocycles. The zero-order valence-electron chi connectivity index (χ0n) is 10.0. The van der Waals surface area contributed by atoms with Gasteiger partial charge < -0.3 is 5.32 Å². The van der Waals surface area contributed by atoms with Gasteiger partial charge in [-0.2, -0.15) is 5.26 Å². The van der Waals surface area contributed by atoms with Crippen LogP contribution in [0.1, 0.15) is 38.5 Å². The minimum atomic E-state index is 0.0460. The lowest BCUT2D eigenvalue weighted by molar-refractivity contribution is -0.122. The summed E-state index contributed by atoms with van der Waals surface area (Å²) in [7, 11) is 1.79. The predicted octanol–water partition coefficient (Wildman–Crippen LogP) is 1.28. The van der Waals surface area contributed by atoms with Crippen molar-refractivity contribution < 1.29 is 4.79 Å². The average molecular weight is 223 g/mol. The van der Waals surface area contributed by atoms with E-state index in [-0.39, 0.29) is 5.91 Å². The molecule has 0 spiro atoms. The molecule has 0 atom stereocenters. The van der Waals surface area contributed by atoms with Crippen LogP contribution in [0.2, 0.25) is 0 Å². The molecule has 1 aliphatic rings. The number of rotatable bonds is 4. The van der Waals surface area contributed by atoms with Gasteiger partial charge in [0.15, 0.2) is 0 Å². The zero-order chi connectivity index (χ0) is 11.8. The van der Waals surface area contributed by atoms with E-state index in [0.29, 0.717) is 19.1 Å². The number of carbonyl (C=O) groups excluding carboxylic acids is 1. The Morgan fingerprint density at radius 1 is 1.38 bits per heavy atom. The lowest BCUT2D eigenvalue weighted by Crippen LogP contribution is -2.40. The number of hydrogen-bond donors (Lipinski definition) is 1. The van der Waals surface area contributed by atoms with Crippen molar-refractivity contribution in [2.24, 2.45) is 0 Å². The summed E-state index contributed by atoms with van der Waals surface area (Å²) in [5, 5.41) is 11.5. The monoisotopic (exact) mass is 223 g/mol. The van der Waals surface area contributed by atoms with Gasteiger partial charge in [0.2, 0.25) is 5.91 Å². The van der Waals surface area contributed by atoms with Crippen molar-refractivity contribution in [2.45, 2.75) is 44.6 Å². The average Bonchev–Trinajstić information content (AvgIpc) is 2.46. The van der Waals surface area contributed by atoms with E-state index in [2.05, 4.69) is 5.32 Å². The molecular formula is C12H21N3O. The molecule has 0 bridgehead atoms. The third kappa shape index (κ3) is 5.13. The summed E-state index contributed by atoms with van der Waals surface area (Å²) in [6.45, 7) is 0.627. The molecule has 1 saturated carbocycles. The maximum atomic E-state index is 11.6. The molecule has 0 aromatic rings. The summed E-state index contributed by atoms with van der Waals surface area (Å²) >= 11 is 0. The Hall–Kier alpha value is -1.08. The molecule has 90 valence electrons. The summed E-state index contributed by atoms with van der Waals surface area (Å²) in [4.78, 5) is 13.4. The van der Waals surface area contributed by atoms with Crippen LogP contribution in [-0.2, 0) is 4.79 Å². The Morgan fingerprint density at radius 2 is 2.00 bits per heavy atom. The van der Waals surface area contributed by atoms with E-state index >= 15 is 0 Å². The highest BCUT2D eigenvalue weighted by Crippen LogP contribution is 2.16. The lowest BCUT2D eigenvalue weighted by Gasteiger charge is -2.18. The van der Waals surface area contributed by atoms with Crippen LogP contribution in [0.25, 0.3) is 0 Å². The number of likely N-dealkylation sites (N-methyl/N-ethyl adjacent to an activating group) is 1. The number of nitrogens with one attached hydrogen (secondary N) is 1. The van der Waals surface area contributed by atoms with Crippen LogP contribution in [0.15, 0.2) is 0 Å². The Labute approximate surface area is 97.6 Å². The lowest BCUT2D eigenvalue weighted by atomic mass is 10.1. The first kappa shape index (κ1) is 13.0. The minimum Gasteiger partial charge on any atom is -0.352 e. The van der Waals surface area contributed by atoms with E-state index in [1.165, 1.54) is 25.7 Å². The molecule has 0 radical (unpaired) electrons. The summed E-state index contributed by atoms with van der Waals surface area (Å²) in [5.74, 6) is 0.0460. The quantitative estimate of drug-likeness (QED) is 0.577. The smallest absolute Gasteiger partial charge is 0.234 e. The fourth-order valence-corrected chi connectivity index (χ4v) is 2.12. The topological polar surface area (TPSA) is 56.1 Å². The van der Waals surface area contributed by atoms with Crippen molar-refractivity contribution in [3.63, 3.8) is 0 Å². The second kappa shape index (κ2) is 7.24. The molecule has 16 heavy (non-hydrogen) atoms. The number of hydrogen-bond acceptors (Lipinski definition) is 3. The van der Waals surface area contributed by atoms with Gasteiger partial charge in [0.05, 0.1) is 19.2 Å². The summed E-state index contributed by atoms with van der Waals surface area (Å²) in [6, 6.07) is 2.38. The number of carbonyl (C=O) groups is 1. The predicted molar refractivity (Wildman–Crippen MR) is 62.7 cm³/mol. The first-order valence-electron chi connectivity index (χ1n) is 6.07. The van der Waals surface area contributed by atoms with E-state index in [0.717, 1.165) is 12.8 Å². The van der Waals surface area contributed by atoms with Crippen molar-refractivity contribution in [2.75, 3.05) is 20.1 Å². The summed E-state index contributed by atoms with van der Waals surface area (Å²) in [5.41, 5.74) is 0. The fourth-order valence-electron chi connectivity index (χ4n) is 2.12. The normalized spacial score (nSPS) is 17.8. The third-order valence-corrected chi connectivity index (χ3v) is 2.97. The zero-order valence-corrected chi connectivity index (χ0v) is 10.0. The molecule has 0 heterocycles. The van der Waals surface area contributed by atoms with Crippen LogP contribution < -0.4 is 5.32 Å². The number of amides is 1. The standard InChI is InChI=1S/C12H21N3O/c1-15(9-8-13)10-12(16)14-11-6-4-2-3-5-7-11/h11H,2-7,9-10H2,1H3,(H,14,16). The first-order valence-corrected chi connectivity index (χ1v) is 6.07. The molecule has 1 fully saturated rings. The van der Waals surface area contributed by atoms with E-state index in [9.17, 15) is 4.79 Å². The molecule has 4 heteroatoms. The summed E-state index contributed by atoms with van der Waals surface area (Å²) in [6.07, 6.45) is 7.24. The van der Waals surface area contributed by atoms with E-state index in [4.69, 9.17) is 5.26 Å². The fraction of sp³-hybridized carbons (Fsp3) is 0.833. The molecule has 0 unspecified atom stereocenters. The van der Waals surface area contributed by atoms with Gasteiger partial charge in [-0.25, -0.2) is 0 Å². The first-order chi connectivity index (χ1) is 7.72. The molecule has 1 N–H and O–H groups in total. The maximum Gasteiger partial charge on any atom is 0.234 e. The second-order valence-electron chi connectivity index (χ2n) is 4.59. The van der Waals surface area contributed by atoms with Gasteiger partial charge in [-0.15, -0.1) is 0 Å². The molecule has 1 rings (SSSR count). The molecule has 0 aromatic heterocycles. The Balaban J connectivity index is 2.24. The van der Waals surface area contributed by atoms with Gasteiger partial charge in [-0.3, -0.25) is 9.69 Å².